The molecule has 3 rings (SSSR count). The summed E-state index contributed by atoms with van der Waals surface area (Å²) in [7, 11) is 1.58. The molecular weight excluding hydrogens is 372 g/mol. The van der Waals surface area contributed by atoms with E-state index in [0.29, 0.717) is 5.69 Å². The summed E-state index contributed by atoms with van der Waals surface area (Å²) in [6.45, 7) is 1.49. The highest BCUT2D eigenvalue weighted by atomic mass is 32.2. The van der Waals surface area contributed by atoms with E-state index in [-0.39, 0.29) is 5.56 Å². The number of hydrogen-bond donors (Lipinski definition) is 2. The van der Waals surface area contributed by atoms with Crippen LogP contribution in [0.1, 0.15) is 17.7 Å². The molecule has 0 saturated heterocycles. The molecule has 1 aliphatic rings. The lowest BCUT2D eigenvalue weighted by Crippen LogP contribution is -2.52. The zero-order valence-corrected chi connectivity index (χ0v) is 15.6. The first-order valence-electron chi connectivity index (χ1n) is 8.33. The van der Waals surface area contributed by atoms with Crippen molar-refractivity contribution >= 4 is 29.3 Å². The van der Waals surface area contributed by atoms with Crippen molar-refractivity contribution in [3.8, 4) is 0 Å². The minimum atomic E-state index is -1.11. The molecule has 1 heterocycles. The first-order valence-corrected chi connectivity index (χ1v) is 9.21. The Kier molecular flexibility index (Phi) is 5.48. The number of thioether (sulfide) groups is 1. The maximum atomic E-state index is 14.5. The highest BCUT2D eigenvalue weighted by Crippen LogP contribution is 2.46. The number of nitrogens with zero attached hydrogens (tertiary/aromatic N) is 1. The van der Waals surface area contributed by atoms with E-state index in [4.69, 9.17) is 5.73 Å². The predicted molar refractivity (Wildman–Crippen MR) is 100 cm³/mol. The highest BCUT2D eigenvalue weighted by Gasteiger charge is 2.39. The van der Waals surface area contributed by atoms with Gasteiger partial charge in [-0.05, 0) is 37.3 Å². The zero-order chi connectivity index (χ0) is 19.7. The Hall–Kier alpha value is -2.45. The number of fused-ring (bicyclic) bond motifs is 1. The summed E-state index contributed by atoms with van der Waals surface area (Å²) in [5.74, 6) is -2.25. The van der Waals surface area contributed by atoms with Gasteiger partial charge in [0, 0.05) is 17.5 Å². The van der Waals surface area contributed by atoms with Gasteiger partial charge in [-0.15, -0.1) is 11.8 Å². The SMILES string of the molecule is C[C@H](N)C(=O)N[C@@H]1C(=O)N(C)c2ccccc2S[C@@H]1c1cc(F)ccc1F. The Balaban J connectivity index is 2.13. The lowest BCUT2D eigenvalue weighted by molar-refractivity contribution is -0.128. The van der Waals surface area contributed by atoms with E-state index in [2.05, 4.69) is 5.32 Å². The maximum Gasteiger partial charge on any atom is 0.250 e. The fraction of sp³-hybridized carbons (Fsp3) is 0.263. The van der Waals surface area contributed by atoms with Crippen LogP contribution in [0.2, 0.25) is 0 Å². The predicted octanol–water partition coefficient (Wildman–Crippen LogP) is 2.61. The second-order valence-corrected chi connectivity index (χ2v) is 7.53. The molecule has 0 aromatic heterocycles. The van der Waals surface area contributed by atoms with Gasteiger partial charge >= 0.3 is 0 Å². The summed E-state index contributed by atoms with van der Waals surface area (Å²) in [5, 5.41) is 1.74. The van der Waals surface area contributed by atoms with Crippen LogP contribution >= 0.6 is 11.8 Å². The minimum Gasteiger partial charge on any atom is -0.342 e. The first kappa shape index (κ1) is 19.3. The lowest BCUT2D eigenvalue weighted by Gasteiger charge is -2.27. The van der Waals surface area contributed by atoms with Crippen molar-refractivity contribution in [2.24, 2.45) is 5.73 Å². The third-order valence-electron chi connectivity index (χ3n) is 4.36. The molecule has 0 bridgehead atoms. The quantitative estimate of drug-likeness (QED) is 0.843. The molecule has 0 unspecified atom stereocenters. The fourth-order valence-electron chi connectivity index (χ4n) is 2.89. The van der Waals surface area contributed by atoms with Gasteiger partial charge in [0.1, 0.15) is 17.7 Å². The maximum absolute atomic E-state index is 14.5. The molecule has 0 fully saturated rings. The van der Waals surface area contributed by atoms with E-state index in [1.54, 1.807) is 31.3 Å². The van der Waals surface area contributed by atoms with Crippen molar-refractivity contribution in [3.05, 3.63) is 59.7 Å². The highest BCUT2D eigenvalue weighted by molar-refractivity contribution is 7.99. The standard InChI is InChI=1S/C19H19F2N3O2S/c1-10(22)18(25)23-16-17(12-9-11(20)7-8-13(12)21)27-15-6-4-3-5-14(15)24(2)19(16)26/h3-10,16-17H,22H2,1-2H3,(H,23,25)/t10-,16-,17+/m0/s1. The molecule has 0 aliphatic carbocycles. The Labute approximate surface area is 159 Å². The number of para-hydroxylation sites is 1. The van der Waals surface area contributed by atoms with Crippen LogP contribution in [0.5, 0.6) is 0 Å². The van der Waals surface area contributed by atoms with Gasteiger partial charge in [0.05, 0.1) is 17.0 Å². The first-order chi connectivity index (χ1) is 12.8. The second-order valence-electron chi connectivity index (χ2n) is 6.34. The third kappa shape index (κ3) is 3.81. The smallest absolute Gasteiger partial charge is 0.250 e. The summed E-state index contributed by atoms with van der Waals surface area (Å²) in [5.41, 5.74) is 6.26. The van der Waals surface area contributed by atoms with Gasteiger partial charge < -0.3 is 16.0 Å². The molecule has 2 aromatic carbocycles. The molecule has 142 valence electrons. The number of halogens is 2. The third-order valence-corrected chi connectivity index (χ3v) is 5.74. The molecule has 5 nitrogen and oxygen atoms in total. The molecule has 1 aliphatic heterocycles. The van der Waals surface area contributed by atoms with Crippen molar-refractivity contribution < 1.29 is 18.4 Å². The Bertz CT molecular complexity index is 891. The van der Waals surface area contributed by atoms with Crippen molar-refractivity contribution in [2.45, 2.75) is 29.2 Å². The lowest BCUT2D eigenvalue weighted by atomic mass is 10.0. The van der Waals surface area contributed by atoms with Gasteiger partial charge in [-0.3, -0.25) is 9.59 Å². The van der Waals surface area contributed by atoms with Crippen LogP contribution in [-0.4, -0.2) is 30.9 Å². The molecule has 3 N–H and O–H groups in total. The Morgan fingerprint density at radius 3 is 2.67 bits per heavy atom. The van der Waals surface area contributed by atoms with Crippen molar-refractivity contribution in [1.29, 1.82) is 0 Å². The van der Waals surface area contributed by atoms with Crippen molar-refractivity contribution in [3.63, 3.8) is 0 Å². The van der Waals surface area contributed by atoms with Crippen LogP contribution < -0.4 is 16.0 Å². The van der Waals surface area contributed by atoms with E-state index in [9.17, 15) is 18.4 Å². The number of amides is 2. The summed E-state index contributed by atoms with van der Waals surface area (Å²) in [4.78, 5) is 27.4. The molecule has 0 radical (unpaired) electrons. The Morgan fingerprint density at radius 1 is 1.26 bits per heavy atom. The number of benzene rings is 2. The Morgan fingerprint density at radius 2 is 1.96 bits per heavy atom. The number of nitrogens with two attached hydrogens (primary N) is 1. The number of hydrogen-bond acceptors (Lipinski definition) is 4. The molecule has 3 atom stereocenters. The summed E-state index contributed by atoms with van der Waals surface area (Å²) >= 11 is 1.20. The van der Waals surface area contributed by atoms with Gasteiger partial charge in [0.2, 0.25) is 5.91 Å². The van der Waals surface area contributed by atoms with E-state index in [1.165, 1.54) is 23.6 Å². The molecule has 8 heteroatoms. The largest absolute Gasteiger partial charge is 0.342 e. The monoisotopic (exact) mass is 391 g/mol. The van der Waals surface area contributed by atoms with Gasteiger partial charge in [-0.25, -0.2) is 8.78 Å². The van der Waals surface area contributed by atoms with Crippen LogP contribution in [0, 0.1) is 11.6 Å². The number of carbonyl (C=O) groups excluding carboxylic acids is 2. The number of likely N-dealkylation sites (N-methyl/N-ethyl adjacent to an activating group) is 1. The number of rotatable bonds is 3. The number of carbonyl (C=O) groups is 2. The summed E-state index contributed by atoms with van der Waals surface area (Å²) < 4.78 is 28.3. The minimum absolute atomic E-state index is 0.00780. The van der Waals surface area contributed by atoms with Crippen LogP contribution in [0.3, 0.4) is 0 Å². The zero-order valence-electron chi connectivity index (χ0n) is 14.8. The van der Waals surface area contributed by atoms with Crippen molar-refractivity contribution in [1.82, 2.24) is 5.32 Å². The summed E-state index contributed by atoms with van der Waals surface area (Å²) in [6, 6.07) is 8.25. The van der Waals surface area contributed by atoms with E-state index >= 15 is 0 Å². The van der Waals surface area contributed by atoms with Crippen molar-refractivity contribution in [2.75, 3.05) is 11.9 Å². The fourth-order valence-corrected chi connectivity index (χ4v) is 4.28. The van der Waals surface area contributed by atoms with Crippen LogP contribution in [0.25, 0.3) is 0 Å². The molecule has 2 aromatic rings. The molecule has 27 heavy (non-hydrogen) atoms. The van der Waals surface area contributed by atoms with Crippen LogP contribution in [0.15, 0.2) is 47.4 Å². The second kappa shape index (κ2) is 7.66. The number of nitrogens with one attached hydrogen (secondary N) is 1. The van der Waals surface area contributed by atoms with E-state index < -0.39 is 40.8 Å². The van der Waals surface area contributed by atoms with Gasteiger partial charge in [0.25, 0.3) is 5.91 Å². The van der Waals surface area contributed by atoms with Gasteiger partial charge in [-0.1, -0.05) is 12.1 Å². The van der Waals surface area contributed by atoms with E-state index in [1.807, 2.05) is 0 Å². The van der Waals surface area contributed by atoms with Gasteiger partial charge in [0.15, 0.2) is 0 Å². The normalized spacial score (nSPS) is 20.6. The molecular formula is C19H19F2N3O2S. The molecule has 0 spiro atoms. The molecule has 2 amide bonds. The van der Waals surface area contributed by atoms with Crippen LogP contribution in [-0.2, 0) is 9.59 Å². The average Bonchev–Trinajstić information content (AvgIpc) is 2.74. The van der Waals surface area contributed by atoms with E-state index in [0.717, 1.165) is 23.1 Å². The topological polar surface area (TPSA) is 75.4 Å². The average molecular weight is 391 g/mol. The molecule has 0 saturated carbocycles. The van der Waals surface area contributed by atoms with Gasteiger partial charge in [-0.2, -0.15) is 0 Å². The summed E-state index contributed by atoms with van der Waals surface area (Å²) in [6.07, 6.45) is 0. The van der Waals surface area contributed by atoms with Crippen LogP contribution in [0.4, 0.5) is 14.5 Å². The number of anilines is 1.